The Kier molecular flexibility index (Phi) is 4.38. The van der Waals surface area contributed by atoms with Crippen LogP contribution >= 0.6 is 0 Å². The second kappa shape index (κ2) is 7.00. The molecule has 0 amide bonds. The molecule has 134 valence electrons. The lowest BCUT2D eigenvalue weighted by atomic mass is 10.1. The Morgan fingerprint density at radius 1 is 0.815 bits per heavy atom. The van der Waals surface area contributed by atoms with Crippen molar-refractivity contribution in [3.05, 3.63) is 84.4 Å². The van der Waals surface area contributed by atoms with Gasteiger partial charge in [0.05, 0.1) is 18.2 Å². The number of rotatable bonds is 4. The highest BCUT2D eigenvalue weighted by Gasteiger charge is 2.33. The summed E-state index contributed by atoms with van der Waals surface area (Å²) in [5.74, 6) is 1.20. The zero-order chi connectivity index (χ0) is 18.8. The molecule has 4 heteroatoms. The van der Waals surface area contributed by atoms with E-state index in [4.69, 9.17) is 9.15 Å². The molecule has 0 bridgehead atoms. The summed E-state index contributed by atoms with van der Waals surface area (Å²) >= 11 is 0. The molecule has 3 aromatic carbocycles. The van der Waals surface area contributed by atoms with Crippen molar-refractivity contribution >= 4 is 0 Å². The Morgan fingerprint density at radius 3 is 2.07 bits per heavy atom. The number of aromatic hydroxyl groups is 1. The van der Waals surface area contributed by atoms with E-state index in [1.165, 1.54) is 0 Å². The lowest BCUT2D eigenvalue weighted by Gasteiger charge is -2.02. The van der Waals surface area contributed by atoms with E-state index < -0.39 is 0 Å². The van der Waals surface area contributed by atoms with Gasteiger partial charge >= 0.3 is 17.5 Å². The number of nitrogens with zero attached hydrogens (tertiary/aromatic N) is 1. The molecule has 0 unspecified atom stereocenters. The summed E-state index contributed by atoms with van der Waals surface area (Å²) in [5, 5.41) is 10.7. The summed E-state index contributed by atoms with van der Waals surface area (Å²) in [6, 6.07) is 25.4. The number of benzene rings is 3. The van der Waals surface area contributed by atoms with Gasteiger partial charge in [-0.2, -0.15) is 0 Å². The topological polar surface area (TPSA) is 46.5 Å². The molecule has 1 heterocycles. The smallest absolute Gasteiger partial charge is 0.390 e. The van der Waals surface area contributed by atoms with E-state index in [9.17, 15) is 5.11 Å². The molecule has 0 aliphatic carbocycles. The summed E-state index contributed by atoms with van der Waals surface area (Å²) in [6.07, 6.45) is 0. The first-order chi connectivity index (χ1) is 13.2. The van der Waals surface area contributed by atoms with Gasteiger partial charge in [0, 0.05) is 12.1 Å². The van der Waals surface area contributed by atoms with Gasteiger partial charge in [-0.1, -0.05) is 35.9 Å². The molecule has 4 rings (SSSR count). The number of aryl methyl sites for hydroxylation is 1. The Morgan fingerprint density at radius 2 is 1.44 bits per heavy atom. The lowest BCUT2D eigenvalue weighted by Crippen LogP contribution is -2.33. The van der Waals surface area contributed by atoms with Gasteiger partial charge in [-0.05, 0) is 43.3 Å². The maximum Gasteiger partial charge on any atom is 0.390 e. The molecular weight excluding hydrogens is 338 g/mol. The van der Waals surface area contributed by atoms with Crippen LogP contribution in [0.25, 0.3) is 28.4 Å². The first kappa shape index (κ1) is 16.9. The Balaban J connectivity index is 1.96. The summed E-state index contributed by atoms with van der Waals surface area (Å²) in [6.45, 7) is 2.04. The number of hydrogen-bond donors (Lipinski definition) is 1. The number of oxazole rings is 1. The Hall–Kier alpha value is -3.53. The zero-order valence-electron chi connectivity index (χ0n) is 15.2. The van der Waals surface area contributed by atoms with E-state index in [1.807, 2.05) is 90.4 Å². The molecule has 27 heavy (non-hydrogen) atoms. The van der Waals surface area contributed by atoms with E-state index in [0.29, 0.717) is 11.6 Å². The van der Waals surface area contributed by atoms with Crippen LogP contribution in [0.2, 0.25) is 0 Å². The Bertz CT molecular complexity index is 1050. The molecule has 0 spiro atoms. The molecule has 1 N–H and O–H groups in total. The summed E-state index contributed by atoms with van der Waals surface area (Å²) in [7, 11) is 1.63. The molecular formula is C23H20NO3+. The van der Waals surface area contributed by atoms with Crippen LogP contribution in [0.5, 0.6) is 11.7 Å². The lowest BCUT2D eigenvalue weighted by molar-refractivity contribution is -0.575. The first-order valence-corrected chi connectivity index (χ1v) is 8.72. The molecule has 0 radical (unpaired) electrons. The van der Waals surface area contributed by atoms with Crippen molar-refractivity contribution in [3.63, 3.8) is 0 Å². The monoisotopic (exact) mass is 358 g/mol. The van der Waals surface area contributed by atoms with E-state index in [0.717, 1.165) is 28.1 Å². The third-order valence-electron chi connectivity index (χ3n) is 4.50. The Labute approximate surface area is 157 Å². The van der Waals surface area contributed by atoms with E-state index in [1.54, 1.807) is 7.11 Å². The number of hydrogen-bond acceptors (Lipinski definition) is 3. The minimum Gasteiger partial charge on any atom is -0.497 e. The molecule has 1 aromatic heterocycles. The molecule has 0 aliphatic heterocycles. The van der Waals surface area contributed by atoms with Gasteiger partial charge in [-0.3, -0.25) is 0 Å². The highest BCUT2D eigenvalue weighted by Crippen LogP contribution is 2.34. The quantitative estimate of drug-likeness (QED) is 0.527. The number of ether oxygens (including phenoxy) is 1. The average molecular weight is 358 g/mol. The van der Waals surface area contributed by atoms with Gasteiger partial charge in [0.15, 0.2) is 0 Å². The maximum absolute atomic E-state index is 10.7. The van der Waals surface area contributed by atoms with Crippen LogP contribution in [-0.4, -0.2) is 12.2 Å². The SMILES string of the molecule is COc1ccc(-c2c(O)oc(-c3ccc(C)cc3)[n+]2-c2ccccc2)cc1. The van der Waals surface area contributed by atoms with Crippen LogP contribution in [0.3, 0.4) is 0 Å². The standard InChI is InChI=1S/C23H19NO3/c1-16-8-10-18(11-9-16)22-24(19-6-4-3-5-7-19)21(23(25)27-22)17-12-14-20(26-2)15-13-17/h3-15H,1-2H3/p+1. The molecule has 4 aromatic rings. The zero-order valence-corrected chi connectivity index (χ0v) is 15.2. The predicted octanol–water partition coefficient (Wildman–Crippen LogP) is 4.91. The minimum absolute atomic E-state index is 0.125. The van der Waals surface area contributed by atoms with Gasteiger partial charge in [0.1, 0.15) is 5.75 Å². The van der Waals surface area contributed by atoms with Crippen molar-refractivity contribution in [3.8, 4) is 40.1 Å². The summed E-state index contributed by atoms with van der Waals surface area (Å²) in [4.78, 5) is 0. The molecule has 0 saturated heterocycles. The van der Waals surface area contributed by atoms with Crippen LogP contribution in [0.1, 0.15) is 5.56 Å². The highest BCUT2D eigenvalue weighted by atomic mass is 16.5. The third kappa shape index (κ3) is 3.17. The van der Waals surface area contributed by atoms with E-state index in [-0.39, 0.29) is 5.95 Å². The van der Waals surface area contributed by atoms with Crippen molar-refractivity contribution < 1.29 is 18.8 Å². The van der Waals surface area contributed by atoms with Crippen LogP contribution in [0, 0.1) is 6.92 Å². The minimum atomic E-state index is -0.125. The maximum atomic E-state index is 10.7. The van der Waals surface area contributed by atoms with Crippen LogP contribution in [-0.2, 0) is 0 Å². The second-order valence-corrected chi connectivity index (χ2v) is 6.33. The van der Waals surface area contributed by atoms with Crippen LogP contribution < -0.4 is 9.30 Å². The predicted molar refractivity (Wildman–Crippen MR) is 104 cm³/mol. The number of aromatic nitrogens is 1. The second-order valence-electron chi connectivity index (χ2n) is 6.33. The first-order valence-electron chi connectivity index (χ1n) is 8.72. The highest BCUT2D eigenvalue weighted by molar-refractivity contribution is 5.65. The van der Waals surface area contributed by atoms with Crippen LogP contribution in [0.15, 0.2) is 83.3 Å². The molecule has 0 aliphatic rings. The fraction of sp³-hybridized carbons (Fsp3) is 0.0870. The molecule has 0 saturated carbocycles. The summed E-state index contributed by atoms with van der Waals surface area (Å²) in [5.41, 5.74) is 4.39. The molecule has 4 nitrogen and oxygen atoms in total. The van der Waals surface area contributed by atoms with Gasteiger partial charge in [-0.15, -0.1) is 4.57 Å². The van der Waals surface area contributed by atoms with E-state index in [2.05, 4.69) is 0 Å². The van der Waals surface area contributed by atoms with Gasteiger partial charge < -0.3 is 14.3 Å². The largest absolute Gasteiger partial charge is 0.497 e. The van der Waals surface area contributed by atoms with Gasteiger partial charge in [0.2, 0.25) is 5.69 Å². The fourth-order valence-corrected chi connectivity index (χ4v) is 3.09. The van der Waals surface area contributed by atoms with Crippen molar-refractivity contribution in [2.24, 2.45) is 0 Å². The van der Waals surface area contributed by atoms with Crippen molar-refractivity contribution in [2.45, 2.75) is 6.92 Å². The fourth-order valence-electron chi connectivity index (χ4n) is 3.09. The van der Waals surface area contributed by atoms with Crippen molar-refractivity contribution in [1.82, 2.24) is 0 Å². The number of methoxy groups -OCH3 is 1. The summed E-state index contributed by atoms with van der Waals surface area (Å²) < 4.78 is 13.0. The average Bonchev–Trinajstić information content (AvgIpc) is 3.06. The van der Waals surface area contributed by atoms with Crippen molar-refractivity contribution in [2.75, 3.05) is 7.11 Å². The number of para-hydroxylation sites is 1. The van der Waals surface area contributed by atoms with Gasteiger partial charge in [-0.25, -0.2) is 0 Å². The van der Waals surface area contributed by atoms with Crippen LogP contribution in [0.4, 0.5) is 0 Å². The normalized spacial score (nSPS) is 10.7. The molecule has 0 atom stereocenters. The van der Waals surface area contributed by atoms with Crippen molar-refractivity contribution in [1.29, 1.82) is 0 Å². The molecule has 0 fully saturated rings. The third-order valence-corrected chi connectivity index (χ3v) is 4.50. The van der Waals surface area contributed by atoms with Gasteiger partial charge in [0.25, 0.3) is 0 Å². The van der Waals surface area contributed by atoms with E-state index >= 15 is 0 Å².